The molecule has 1 heterocycles. The van der Waals surface area contributed by atoms with Crippen LogP contribution in [0.1, 0.15) is 5.69 Å². The Bertz CT molecular complexity index is 322. The van der Waals surface area contributed by atoms with E-state index in [9.17, 15) is 8.78 Å². The van der Waals surface area contributed by atoms with Gasteiger partial charge in [0.1, 0.15) is 5.75 Å². The Morgan fingerprint density at radius 1 is 1.50 bits per heavy atom. The highest BCUT2D eigenvalue weighted by molar-refractivity contribution is 6.59. The van der Waals surface area contributed by atoms with Crippen LogP contribution in [0.25, 0.3) is 0 Å². The maximum atomic E-state index is 11.8. The van der Waals surface area contributed by atoms with E-state index in [1.807, 2.05) is 0 Å². The fourth-order valence-corrected chi connectivity index (χ4v) is 0.959. The molecule has 0 bridgehead atoms. The predicted molar refractivity (Wildman–Crippen MR) is 45.4 cm³/mol. The average Bonchev–Trinajstić information content (AvgIpc) is 2.07. The van der Waals surface area contributed by atoms with Crippen molar-refractivity contribution in [1.82, 2.24) is 4.98 Å². The van der Waals surface area contributed by atoms with Gasteiger partial charge in [0.05, 0.1) is 6.20 Å². The minimum absolute atomic E-state index is 0.0446. The smallest absolute Gasteiger partial charge is 0.433 e. The Balaban J connectivity index is 2.94. The van der Waals surface area contributed by atoms with E-state index in [1.54, 1.807) is 0 Å². The van der Waals surface area contributed by atoms with Crippen molar-refractivity contribution in [3.63, 3.8) is 0 Å². The lowest BCUT2D eigenvalue weighted by Crippen LogP contribution is -2.33. The SMILES string of the molecule is Cc1ncc(OC(F)F)cc1B(O)O. The molecule has 2 N–H and O–H groups in total. The van der Waals surface area contributed by atoms with Gasteiger partial charge in [-0.3, -0.25) is 4.98 Å². The highest BCUT2D eigenvalue weighted by Crippen LogP contribution is 2.11. The van der Waals surface area contributed by atoms with Gasteiger partial charge in [-0.25, -0.2) is 0 Å². The number of aryl methyl sites for hydroxylation is 1. The molecule has 76 valence electrons. The molecule has 0 atom stereocenters. The van der Waals surface area contributed by atoms with Gasteiger partial charge >= 0.3 is 13.7 Å². The molecule has 0 amide bonds. The molecule has 0 aliphatic heterocycles. The van der Waals surface area contributed by atoms with Gasteiger partial charge in [0.2, 0.25) is 0 Å². The number of pyridine rings is 1. The molecule has 0 fully saturated rings. The summed E-state index contributed by atoms with van der Waals surface area (Å²) in [6.45, 7) is -1.43. The second-order valence-corrected chi connectivity index (χ2v) is 2.60. The molecule has 0 aliphatic rings. The van der Waals surface area contributed by atoms with Gasteiger partial charge in [0.15, 0.2) is 0 Å². The Morgan fingerprint density at radius 3 is 2.64 bits per heavy atom. The van der Waals surface area contributed by atoms with Crippen LogP contribution in [0.4, 0.5) is 8.78 Å². The van der Waals surface area contributed by atoms with Gasteiger partial charge in [-0.15, -0.1) is 0 Å². The minimum atomic E-state index is -2.96. The fraction of sp³-hybridized carbons (Fsp3) is 0.286. The van der Waals surface area contributed by atoms with E-state index in [1.165, 1.54) is 6.92 Å². The Hall–Kier alpha value is -1.21. The third kappa shape index (κ3) is 2.64. The van der Waals surface area contributed by atoms with Gasteiger partial charge in [-0.1, -0.05) is 0 Å². The number of halogens is 2. The number of nitrogens with zero attached hydrogens (tertiary/aromatic N) is 1. The Morgan fingerprint density at radius 2 is 2.14 bits per heavy atom. The van der Waals surface area contributed by atoms with Crippen LogP contribution in [-0.4, -0.2) is 28.8 Å². The molecule has 0 spiro atoms. The topological polar surface area (TPSA) is 62.6 Å². The quantitative estimate of drug-likeness (QED) is 0.660. The van der Waals surface area contributed by atoms with E-state index in [2.05, 4.69) is 9.72 Å². The zero-order valence-corrected chi connectivity index (χ0v) is 7.32. The fourth-order valence-electron chi connectivity index (χ4n) is 0.959. The summed E-state index contributed by atoms with van der Waals surface area (Å²) >= 11 is 0. The average molecular weight is 203 g/mol. The molecule has 0 aliphatic carbocycles. The van der Waals surface area contributed by atoms with Crippen LogP contribution >= 0.6 is 0 Å². The van der Waals surface area contributed by atoms with Crippen molar-refractivity contribution in [3.8, 4) is 5.75 Å². The van der Waals surface area contributed by atoms with Crippen LogP contribution in [0.5, 0.6) is 5.75 Å². The van der Waals surface area contributed by atoms with Crippen molar-refractivity contribution in [1.29, 1.82) is 0 Å². The van der Waals surface area contributed by atoms with Crippen LogP contribution in [-0.2, 0) is 0 Å². The van der Waals surface area contributed by atoms with Gasteiger partial charge in [0, 0.05) is 11.2 Å². The number of rotatable bonds is 3. The monoisotopic (exact) mass is 203 g/mol. The van der Waals surface area contributed by atoms with Gasteiger partial charge in [-0.05, 0) is 13.0 Å². The lowest BCUT2D eigenvalue weighted by Gasteiger charge is -2.07. The van der Waals surface area contributed by atoms with Gasteiger partial charge in [-0.2, -0.15) is 8.78 Å². The van der Waals surface area contributed by atoms with E-state index in [4.69, 9.17) is 10.0 Å². The first-order valence-corrected chi connectivity index (χ1v) is 3.78. The summed E-state index contributed by atoms with van der Waals surface area (Å²) in [6, 6.07) is 1.11. The highest BCUT2D eigenvalue weighted by Gasteiger charge is 2.16. The molecule has 1 aromatic rings. The second kappa shape index (κ2) is 4.34. The van der Waals surface area contributed by atoms with Crippen molar-refractivity contribution in [3.05, 3.63) is 18.0 Å². The molecule has 0 saturated heterocycles. The zero-order valence-electron chi connectivity index (χ0n) is 7.32. The molecule has 0 aromatic carbocycles. The molecular weight excluding hydrogens is 195 g/mol. The molecular formula is C7H8BF2NO3. The van der Waals surface area contributed by atoms with E-state index in [-0.39, 0.29) is 11.2 Å². The lowest BCUT2D eigenvalue weighted by atomic mass is 9.79. The zero-order chi connectivity index (χ0) is 10.7. The highest BCUT2D eigenvalue weighted by atomic mass is 19.3. The molecule has 7 heteroatoms. The van der Waals surface area contributed by atoms with Crippen LogP contribution in [0.3, 0.4) is 0 Å². The number of aromatic nitrogens is 1. The normalized spacial score (nSPS) is 10.4. The predicted octanol–water partition coefficient (Wildman–Crippen LogP) is -0.329. The van der Waals surface area contributed by atoms with Crippen molar-refractivity contribution >= 4 is 12.6 Å². The van der Waals surface area contributed by atoms with Crippen molar-refractivity contribution < 1.29 is 23.6 Å². The molecule has 1 rings (SSSR count). The summed E-state index contributed by atoms with van der Waals surface area (Å²) in [5, 5.41) is 17.7. The van der Waals surface area contributed by atoms with E-state index in [0.29, 0.717) is 5.69 Å². The maximum Gasteiger partial charge on any atom is 0.490 e. The van der Waals surface area contributed by atoms with Crippen LogP contribution < -0.4 is 10.2 Å². The summed E-state index contributed by atoms with van der Waals surface area (Å²) in [7, 11) is -1.75. The molecule has 0 radical (unpaired) electrons. The first-order valence-electron chi connectivity index (χ1n) is 3.78. The molecule has 4 nitrogen and oxygen atoms in total. The van der Waals surface area contributed by atoms with Crippen molar-refractivity contribution in [2.24, 2.45) is 0 Å². The summed E-state index contributed by atoms with van der Waals surface area (Å²) < 4.78 is 27.6. The van der Waals surface area contributed by atoms with E-state index < -0.39 is 13.7 Å². The van der Waals surface area contributed by atoms with Crippen LogP contribution in [0.15, 0.2) is 12.3 Å². The summed E-state index contributed by atoms with van der Waals surface area (Å²) in [5.74, 6) is -0.200. The van der Waals surface area contributed by atoms with Crippen LogP contribution in [0.2, 0.25) is 0 Å². The largest absolute Gasteiger partial charge is 0.490 e. The van der Waals surface area contributed by atoms with Crippen molar-refractivity contribution in [2.75, 3.05) is 0 Å². The lowest BCUT2D eigenvalue weighted by molar-refractivity contribution is -0.0500. The molecule has 0 unspecified atom stereocenters. The third-order valence-electron chi connectivity index (χ3n) is 1.60. The first kappa shape index (κ1) is 10.9. The van der Waals surface area contributed by atoms with Gasteiger partial charge in [0.25, 0.3) is 0 Å². The molecule has 14 heavy (non-hydrogen) atoms. The summed E-state index contributed by atoms with van der Waals surface area (Å²) in [5.41, 5.74) is 0.393. The van der Waals surface area contributed by atoms with E-state index in [0.717, 1.165) is 12.3 Å². The van der Waals surface area contributed by atoms with E-state index >= 15 is 0 Å². The maximum absolute atomic E-state index is 11.8. The molecule has 0 saturated carbocycles. The number of hydrogen-bond acceptors (Lipinski definition) is 4. The number of ether oxygens (including phenoxy) is 1. The Labute approximate surface area is 79.3 Å². The number of hydrogen-bond donors (Lipinski definition) is 2. The van der Waals surface area contributed by atoms with Crippen LogP contribution in [0, 0.1) is 6.92 Å². The minimum Gasteiger partial charge on any atom is -0.433 e. The Kier molecular flexibility index (Phi) is 3.37. The summed E-state index contributed by atoms with van der Waals surface area (Å²) in [4.78, 5) is 3.68. The van der Waals surface area contributed by atoms with Crippen molar-refractivity contribution in [2.45, 2.75) is 13.5 Å². The summed E-state index contributed by atoms with van der Waals surface area (Å²) in [6.07, 6.45) is 1.09. The third-order valence-corrected chi connectivity index (χ3v) is 1.60. The molecule has 1 aromatic heterocycles. The second-order valence-electron chi connectivity index (χ2n) is 2.60. The first-order chi connectivity index (χ1) is 6.50. The standard InChI is InChI=1S/C7H8BF2NO3/c1-4-6(8(12)13)2-5(3-11-4)14-7(9)10/h2-3,7,12-13H,1H3. The number of alkyl halides is 2. The van der Waals surface area contributed by atoms with Gasteiger partial charge < -0.3 is 14.8 Å².